The Bertz CT molecular complexity index is 473. The Morgan fingerprint density at radius 2 is 2.05 bits per heavy atom. The fourth-order valence-electron chi connectivity index (χ4n) is 1.54. The maximum Gasteiger partial charge on any atom is 0.326 e. The summed E-state index contributed by atoms with van der Waals surface area (Å²) in [6.07, 6.45) is 2.70. The van der Waals surface area contributed by atoms with Crippen LogP contribution in [0.2, 0.25) is 0 Å². The first-order valence-corrected chi connectivity index (χ1v) is 6.01. The molecule has 9 nitrogen and oxygen atoms in total. The molecule has 2 atom stereocenters. The summed E-state index contributed by atoms with van der Waals surface area (Å²) in [6, 6.07) is -1.81. The third-order valence-electron chi connectivity index (χ3n) is 2.71. The molecule has 0 fully saturated rings. The lowest BCUT2D eigenvalue weighted by Gasteiger charge is -2.17. The van der Waals surface area contributed by atoms with E-state index in [4.69, 9.17) is 10.2 Å². The van der Waals surface area contributed by atoms with Gasteiger partial charge in [0.05, 0.1) is 0 Å². The molecule has 1 aromatic rings. The fourth-order valence-corrected chi connectivity index (χ4v) is 1.54. The van der Waals surface area contributed by atoms with E-state index in [2.05, 4.69) is 15.4 Å². The number of hydrogen-bond acceptors (Lipinski definition) is 5. The molecule has 110 valence electrons. The lowest BCUT2D eigenvalue weighted by Crippen LogP contribution is -2.43. The molecule has 0 bridgehead atoms. The highest BCUT2D eigenvalue weighted by Gasteiger charge is 2.24. The van der Waals surface area contributed by atoms with Gasteiger partial charge in [-0.25, -0.2) is 14.5 Å². The Hall–Kier alpha value is -2.45. The van der Waals surface area contributed by atoms with E-state index in [0.717, 1.165) is 0 Å². The summed E-state index contributed by atoms with van der Waals surface area (Å²) >= 11 is 0. The van der Waals surface area contributed by atoms with Crippen LogP contribution in [-0.4, -0.2) is 48.9 Å². The number of carboxylic acid groups (broad SMARTS) is 2. The highest BCUT2D eigenvalue weighted by atomic mass is 16.4. The average Bonchev–Trinajstić information content (AvgIpc) is 2.89. The molecule has 0 aliphatic heterocycles. The molecule has 9 heteroatoms. The van der Waals surface area contributed by atoms with Crippen molar-refractivity contribution in [3.8, 4) is 0 Å². The van der Waals surface area contributed by atoms with Crippen LogP contribution < -0.4 is 5.32 Å². The Labute approximate surface area is 114 Å². The first-order chi connectivity index (χ1) is 9.41. The van der Waals surface area contributed by atoms with Crippen molar-refractivity contribution < 1.29 is 24.6 Å². The number of aliphatic carboxylic acids is 2. The summed E-state index contributed by atoms with van der Waals surface area (Å²) in [5, 5.41) is 23.7. The zero-order valence-electron chi connectivity index (χ0n) is 10.9. The maximum absolute atomic E-state index is 11.9. The van der Waals surface area contributed by atoms with Gasteiger partial charge in [-0.2, -0.15) is 5.10 Å². The van der Waals surface area contributed by atoms with Gasteiger partial charge in [0.25, 0.3) is 0 Å². The molecular weight excluding hydrogens is 268 g/mol. The summed E-state index contributed by atoms with van der Waals surface area (Å²) < 4.78 is 1.30. The monoisotopic (exact) mass is 284 g/mol. The summed E-state index contributed by atoms with van der Waals surface area (Å²) in [7, 11) is 0. The van der Waals surface area contributed by atoms with Gasteiger partial charge < -0.3 is 15.5 Å². The lowest BCUT2D eigenvalue weighted by molar-refractivity contribution is -0.143. The zero-order valence-corrected chi connectivity index (χ0v) is 10.9. The minimum Gasteiger partial charge on any atom is -0.481 e. The molecule has 3 N–H and O–H groups in total. The quantitative estimate of drug-likeness (QED) is 0.594. The van der Waals surface area contributed by atoms with Gasteiger partial charge in [0.1, 0.15) is 24.7 Å². The topological polar surface area (TPSA) is 134 Å². The number of hydrogen-bond donors (Lipinski definition) is 3. The number of aromatic nitrogens is 3. The number of nitrogens with zero attached hydrogens (tertiary/aromatic N) is 3. The van der Waals surface area contributed by atoms with Crippen LogP contribution in [0.4, 0.5) is 0 Å². The SMILES string of the molecule is CC(C(=O)N[C@H](CCCC(=O)O)C(=O)O)n1cncn1. The molecule has 1 heterocycles. The molecule has 0 aromatic carbocycles. The summed E-state index contributed by atoms with van der Waals surface area (Å²) in [5.74, 6) is -2.72. The third kappa shape index (κ3) is 4.67. The van der Waals surface area contributed by atoms with Gasteiger partial charge in [0, 0.05) is 6.42 Å². The molecule has 1 amide bonds. The highest BCUT2D eigenvalue weighted by Crippen LogP contribution is 2.06. The number of nitrogens with one attached hydrogen (secondary N) is 1. The molecule has 0 saturated heterocycles. The summed E-state index contributed by atoms with van der Waals surface area (Å²) in [5.41, 5.74) is 0. The van der Waals surface area contributed by atoms with Crippen molar-refractivity contribution in [2.45, 2.75) is 38.3 Å². The Morgan fingerprint density at radius 1 is 1.35 bits per heavy atom. The van der Waals surface area contributed by atoms with Crippen LogP contribution in [0.3, 0.4) is 0 Å². The van der Waals surface area contributed by atoms with Gasteiger partial charge in [-0.05, 0) is 19.8 Å². The maximum atomic E-state index is 11.9. The number of amides is 1. The van der Waals surface area contributed by atoms with Gasteiger partial charge in [0.2, 0.25) is 5.91 Å². The van der Waals surface area contributed by atoms with Gasteiger partial charge >= 0.3 is 11.9 Å². The average molecular weight is 284 g/mol. The van der Waals surface area contributed by atoms with Crippen molar-refractivity contribution in [2.24, 2.45) is 0 Å². The van der Waals surface area contributed by atoms with Gasteiger partial charge in [-0.1, -0.05) is 0 Å². The largest absolute Gasteiger partial charge is 0.481 e. The van der Waals surface area contributed by atoms with Crippen molar-refractivity contribution >= 4 is 17.8 Å². The van der Waals surface area contributed by atoms with E-state index < -0.39 is 29.9 Å². The van der Waals surface area contributed by atoms with E-state index in [1.54, 1.807) is 6.92 Å². The van der Waals surface area contributed by atoms with E-state index in [1.807, 2.05) is 0 Å². The lowest BCUT2D eigenvalue weighted by atomic mass is 10.1. The number of carbonyl (C=O) groups excluding carboxylic acids is 1. The van der Waals surface area contributed by atoms with E-state index in [9.17, 15) is 14.4 Å². The molecule has 1 unspecified atom stereocenters. The van der Waals surface area contributed by atoms with Crippen molar-refractivity contribution in [3.05, 3.63) is 12.7 Å². The first-order valence-electron chi connectivity index (χ1n) is 6.01. The van der Waals surface area contributed by atoms with Crippen LogP contribution in [0.5, 0.6) is 0 Å². The van der Waals surface area contributed by atoms with Crippen LogP contribution in [0.25, 0.3) is 0 Å². The number of rotatable bonds is 8. The van der Waals surface area contributed by atoms with Crippen molar-refractivity contribution in [1.82, 2.24) is 20.1 Å². The van der Waals surface area contributed by atoms with E-state index >= 15 is 0 Å². The molecule has 0 radical (unpaired) electrons. The predicted molar refractivity (Wildman–Crippen MR) is 65.8 cm³/mol. The molecule has 0 aliphatic rings. The predicted octanol–water partition coefficient (Wildman–Crippen LogP) is -0.337. The van der Waals surface area contributed by atoms with Crippen LogP contribution in [0.15, 0.2) is 12.7 Å². The second-order valence-corrected chi connectivity index (χ2v) is 4.24. The Balaban J connectivity index is 2.54. The second-order valence-electron chi connectivity index (χ2n) is 4.24. The highest BCUT2D eigenvalue weighted by molar-refractivity contribution is 5.85. The molecule has 1 rings (SSSR count). The third-order valence-corrected chi connectivity index (χ3v) is 2.71. The van der Waals surface area contributed by atoms with Crippen molar-refractivity contribution in [3.63, 3.8) is 0 Å². The summed E-state index contributed by atoms with van der Waals surface area (Å²) in [6.45, 7) is 1.56. The van der Waals surface area contributed by atoms with Gasteiger partial charge in [-0.3, -0.25) is 9.59 Å². The second kappa shape index (κ2) is 7.22. The zero-order chi connectivity index (χ0) is 15.1. The van der Waals surface area contributed by atoms with Gasteiger partial charge in [0.15, 0.2) is 0 Å². The van der Waals surface area contributed by atoms with E-state index in [1.165, 1.54) is 17.3 Å². The Kier molecular flexibility index (Phi) is 5.63. The molecule has 1 aromatic heterocycles. The minimum absolute atomic E-state index is 0.0530. The van der Waals surface area contributed by atoms with Crippen LogP contribution in [-0.2, 0) is 14.4 Å². The van der Waals surface area contributed by atoms with Crippen LogP contribution >= 0.6 is 0 Å². The summed E-state index contributed by atoms with van der Waals surface area (Å²) in [4.78, 5) is 37.0. The molecule has 0 aliphatic carbocycles. The van der Waals surface area contributed by atoms with Crippen LogP contribution in [0, 0.1) is 0 Å². The van der Waals surface area contributed by atoms with E-state index in [-0.39, 0.29) is 19.3 Å². The van der Waals surface area contributed by atoms with Crippen molar-refractivity contribution in [1.29, 1.82) is 0 Å². The molecule has 20 heavy (non-hydrogen) atoms. The smallest absolute Gasteiger partial charge is 0.326 e. The number of carbonyl (C=O) groups is 3. The van der Waals surface area contributed by atoms with Gasteiger partial charge in [-0.15, -0.1) is 0 Å². The van der Waals surface area contributed by atoms with Crippen molar-refractivity contribution in [2.75, 3.05) is 0 Å². The van der Waals surface area contributed by atoms with Crippen LogP contribution in [0.1, 0.15) is 32.2 Å². The molecular formula is C11H16N4O5. The first kappa shape index (κ1) is 15.6. The number of carboxylic acids is 2. The van der Waals surface area contributed by atoms with E-state index in [0.29, 0.717) is 0 Å². The molecule has 0 saturated carbocycles. The Morgan fingerprint density at radius 3 is 2.55 bits per heavy atom. The fraction of sp³-hybridized carbons (Fsp3) is 0.545. The standard InChI is InChI=1S/C11H16N4O5/c1-7(15-6-12-5-13-15)10(18)14-8(11(19)20)3-2-4-9(16)17/h5-8H,2-4H2,1H3,(H,14,18)(H,16,17)(H,19,20)/t7?,8-/m1/s1. The molecule has 0 spiro atoms. The normalized spacial score (nSPS) is 13.4. The minimum atomic E-state index is -1.20.